The van der Waals surface area contributed by atoms with Gasteiger partial charge < -0.3 is 15.4 Å². The van der Waals surface area contributed by atoms with Crippen LogP contribution in [0.5, 0.6) is 0 Å². The maximum absolute atomic E-state index is 13.4. The lowest BCUT2D eigenvalue weighted by Gasteiger charge is -2.11. The zero-order chi connectivity index (χ0) is 18.4. The molecule has 0 aliphatic carbocycles. The molecular weight excluding hydrogens is 355 g/mol. The predicted molar refractivity (Wildman–Crippen MR) is 84.9 cm³/mol. The zero-order valence-electron chi connectivity index (χ0n) is 13.2. The average Bonchev–Trinajstić information content (AvgIpc) is 2.89. The summed E-state index contributed by atoms with van der Waals surface area (Å²) < 4.78 is 40.6. The monoisotopic (exact) mass is 372 g/mol. The third-order valence-electron chi connectivity index (χ3n) is 3.47. The fourth-order valence-corrected chi connectivity index (χ4v) is 3.94. The van der Waals surface area contributed by atoms with E-state index in [0.29, 0.717) is 6.42 Å². The Morgan fingerprint density at radius 2 is 1.96 bits per heavy atom. The molecule has 1 saturated heterocycles. The van der Waals surface area contributed by atoms with Gasteiger partial charge in [-0.05, 0) is 18.6 Å². The lowest BCUT2D eigenvalue weighted by Crippen LogP contribution is -2.39. The first kappa shape index (κ1) is 18.8. The van der Waals surface area contributed by atoms with Crippen LogP contribution in [-0.2, 0) is 24.2 Å². The Hall–Kier alpha value is -2.49. The molecule has 0 spiro atoms. The molecule has 1 aromatic rings. The van der Waals surface area contributed by atoms with Crippen molar-refractivity contribution in [1.29, 1.82) is 0 Å². The molecule has 2 rings (SSSR count). The number of carbonyl (C=O) groups is 3. The minimum Gasteiger partial charge on any atom is -0.454 e. The second kappa shape index (κ2) is 8.06. The van der Waals surface area contributed by atoms with Gasteiger partial charge in [0.2, 0.25) is 0 Å². The molecule has 0 unspecified atom stereocenters. The highest BCUT2D eigenvalue weighted by molar-refractivity contribution is 7.91. The first-order valence-corrected chi connectivity index (χ1v) is 9.27. The van der Waals surface area contributed by atoms with Crippen molar-refractivity contribution < 1.29 is 31.9 Å². The summed E-state index contributed by atoms with van der Waals surface area (Å²) in [4.78, 5) is 34.8. The van der Waals surface area contributed by atoms with Gasteiger partial charge in [-0.1, -0.05) is 12.1 Å². The van der Waals surface area contributed by atoms with Gasteiger partial charge in [-0.15, -0.1) is 0 Å². The molecule has 1 aliphatic rings. The van der Waals surface area contributed by atoms with Crippen LogP contribution < -0.4 is 10.6 Å². The summed E-state index contributed by atoms with van der Waals surface area (Å²) in [5.74, 6) is -3.13. The number of carbonyl (C=O) groups excluding carboxylic acids is 3. The van der Waals surface area contributed by atoms with Crippen molar-refractivity contribution in [2.45, 2.75) is 12.5 Å². The highest BCUT2D eigenvalue weighted by atomic mass is 32.2. The molecule has 1 fully saturated rings. The molecule has 0 radical (unpaired) electrons. The molecule has 0 saturated carbocycles. The molecule has 2 N–H and O–H groups in total. The number of sulfone groups is 1. The first-order valence-electron chi connectivity index (χ1n) is 7.45. The lowest BCUT2D eigenvalue weighted by molar-refractivity contribution is -0.147. The van der Waals surface area contributed by atoms with Crippen LogP contribution >= 0.6 is 0 Å². The number of esters is 1. The minimum atomic E-state index is -3.12. The van der Waals surface area contributed by atoms with Crippen LogP contribution in [0.4, 0.5) is 4.39 Å². The molecule has 0 aromatic heterocycles. The number of amides is 2. The Labute approximate surface area is 143 Å². The van der Waals surface area contributed by atoms with Crippen LogP contribution in [0, 0.1) is 5.82 Å². The second-order valence-corrected chi connectivity index (χ2v) is 7.72. The van der Waals surface area contributed by atoms with E-state index in [1.54, 1.807) is 0 Å². The number of ether oxygens (including phenoxy) is 1. The van der Waals surface area contributed by atoms with E-state index in [1.807, 2.05) is 0 Å². The number of hydrogen-bond donors (Lipinski definition) is 2. The van der Waals surface area contributed by atoms with Gasteiger partial charge in [0.1, 0.15) is 12.4 Å². The molecule has 25 heavy (non-hydrogen) atoms. The topological polar surface area (TPSA) is 119 Å². The summed E-state index contributed by atoms with van der Waals surface area (Å²) in [5.41, 5.74) is -0.213. The Balaban J connectivity index is 1.69. The van der Waals surface area contributed by atoms with E-state index < -0.39 is 52.6 Å². The summed E-state index contributed by atoms with van der Waals surface area (Å²) in [6.07, 6.45) is 0.320. The van der Waals surface area contributed by atoms with Gasteiger partial charge in [-0.25, -0.2) is 12.8 Å². The van der Waals surface area contributed by atoms with Crippen molar-refractivity contribution in [3.05, 3.63) is 35.6 Å². The van der Waals surface area contributed by atoms with Crippen molar-refractivity contribution in [2.24, 2.45) is 0 Å². The SMILES string of the molecule is O=C(COC(=O)CNC(=O)c1ccccc1F)N[C@@H]1CCS(=O)(=O)C1. The maximum atomic E-state index is 13.4. The third kappa shape index (κ3) is 5.82. The first-order chi connectivity index (χ1) is 11.8. The normalized spacial score (nSPS) is 18.4. The number of benzene rings is 1. The van der Waals surface area contributed by atoms with Gasteiger partial charge in [0.05, 0.1) is 17.1 Å². The Bertz CT molecular complexity index is 780. The van der Waals surface area contributed by atoms with Gasteiger partial charge in [0, 0.05) is 6.04 Å². The van der Waals surface area contributed by atoms with Gasteiger partial charge in [0.15, 0.2) is 16.4 Å². The molecule has 1 aliphatic heterocycles. The van der Waals surface area contributed by atoms with Crippen molar-refractivity contribution in [3.8, 4) is 0 Å². The molecule has 136 valence electrons. The minimum absolute atomic E-state index is 0.0137. The Kier molecular flexibility index (Phi) is 6.07. The summed E-state index contributed by atoms with van der Waals surface area (Å²) in [6.45, 7) is -1.12. The van der Waals surface area contributed by atoms with Crippen LogP contribution in [0.15, 0.2) is 24.3 Å². The van der Waals surface area contributed by atoms with Crippen molar-refractivity contribution >= 4 is 27.6 Å². The fraction of sp³-hybridized carbons (Fsp3) is 0.400. The molecule has 1 aromatic carbocycles. The van der Waals surface area contributed by atoms with Gasteiger partial charge in [0.25, 0.3) is 11.8 Å². The maximum Gasteiger partial charge on any atom is 0.325 e. The molecule has 10 heteroatoms. The van der Waals surface area contributed by atoms with E-state index in [9.17, 15) is 27.2 Å². The molecular formula is C15H17FN2O6S. The molecule has 2 amide bonds. The molecule has 1 heterocycles. The van der Waals surface area contributed by atoms with E-state index in [-0.39, 0.29) is 17.1 Å². The Morgan fingerprint density at radius 3 is 2.60 bits per heavy atom. The standard InChI is InChI=1S/C15H17FN2O6S/c16-12-4-2-1-3-11(12)15(21)17-7-14(20)24-8-13(19)18-10-5-6-25(22,23)9-10/h1-4,10H,5-9H2,(H,17,21)(H,18,19)/t10-/m1/s1. The quantitative estimate of drug-likeness (QED) is 0.644. The fourth-order valence-electron chi connectivity index (χ4n) is 2.27. The number of nitrogens with one attached hydrogen (secondary N) is 2. The third-order valence-corrected chi connectivity index (χ3v) is 5.24. The van der Waals surface area contributed by atoms with Gasteiger partial charge in [-0.3, -0.25) is 14.4 Å². The van der Waals surface area contributed by atoms with Crippen LogP contribution in [0.2, 0.25) is 0 Å². The lowest BCUT2D eigenvalue weighted by atomic mass is 10.2. The van der Waals surface area contributed by atoms with E-state index in [4.69, 9.17) is 0 Å². The summed E-state index contributed by atoms with van der Waals surface area (Å²) in [6, 6.07) is 4.79. The Morgan fingerprint density at radius 1 is 1.24 bits per heavy atom. The largest absolute Gasteiger partial charge is 0.454 e. The van der Waals surface area contributed by atoms with Crippen LogP contribution in [0.3, 0.4) is 0 Å². The van der Waals surface area contributed by atoms with Crippen molar-refractivity contribution in [1.82, 2.24) is 10.6 Å². The smallest absolute Gasteiger partial charge is 0.325 e. The average molecular weight is 372 g/mol. The van der Waals surface area contributed by atoms with E-state index >= 15 is 0 Å². The molecule has 1 atom stereocenters. The summed E-state index contributed by atoms with van der Waals surface area (Å²) in [7, 11) is -3.12. The van der Waals surface area contributed by atoms with Crippen molar-refractivity contribution in [3.63, 3.8) is 0 Å². The van der Waals surface area contributed by atoms with Crippen LogP contribution in [0.25, 0.3) is 0 Å². The zero-order valence-corrected chi connectivity index (χ0v) is 14.0. The summed E-state index contributed by atoms with van der Waals surface area (Å²) >= 11 is 0. The van der Waals surface area contributed by atoms with Crippen LogP contribution in [0.1, 0.15) is 16.8 Å². The van der Waals surface area contributed by atoms with Gasteiger partial charge in [-0.2, -0.15) is 0 Å². The predicted octanol–water partition coefficient (Wildman–Crippen LogP) is -0.598. The van der Waals surface area contributed by atoms with E-state index in [0.717, 1.165) is 6.07 Å². The van der Waals surface area contributed by atoms with Gasteiger partial charge >= 0.3 is 5.97 Å². The van der Waals surface area contributed by atoms with E-state index in [1.165, 1.54) is 18.2 Å². The molecule has 8 nitrogen and oxygen atoms in total. The summed E-state index contributed by atoms with van der Waals surface area (Å²) in [5, 5.41) is 4.64. The molecule has 0 bridgehead atoms. The van der Waals surface area contributed by atoms with Crippen molar-refractivity contribution in [2.75, 3.05) is 24.7 Å². The highest BCUT2D eigenvalue weighted by Gasteiger charge is 2.29. The van der Waals surface area contributed by atoms with Crippen LogP contribution in [-0.4, -0.2) is 56.9 Å². The number of halogens is 1. The number of rotatable bonds is 6. The van der Waals surface area contributed by atoms with E-state index in [2.05, 4.69) is 15.4 Å². The second-order valence-electron chi connectivity index (χ2n) is 5.49. The number of hydrogen-bond acceptors (Lipinski definition) is 6. The highest BCUT2D eigenvalue weighted by Crippen LogP contribution is 2.11.